The fourth-order valence-electron chi connectivity index (χ4n) is 3.99. The number of halogens is 1. The van der Waals surface area contributed by atoms with Gasteiger partial charge in [0.15, 0.2) is 0 Å². The highest BCUT2D eigenvalue weighted by molar-refractivity contribution is 5.95. The van der Waals surface area contributed by atoms with E-state index in [1.807, 2.05) is 6.92 Å². The third-order valence-corrected chi connectivity index (χ3v) is 5.31. The maximum Gasteiger partial charge on any atom is 0.341 e. The summed E-state index contributed by atoms with van der Waals surface area (Å²) in [6.45, 7) is 5.20. The van der Waals surface area contributed by atoms with E-state index in [0.717, 1.165) is 50.3 Å². The van der Waals surface area contributed by atoms with Crippen LogP contribution in [-0.2, 0) is 6.42 Å². The van der Waals surface area contributed by atoms with Gasteiger partial charge in [0.05, 0.1) is 10.9 Å². The molecule has 0 amide bonds. The van der Waals surface area contributed by atoms with E-state index in [2.05, 4.69) is 10.2 Å². The summed E-state index contributed by atoms with van der Waals surface area (Å²) in [7, 11) is 0. The fourth-order valence-corrected chi connectivity index (χ4v) is 3.99. The van der Waals surface area contributed by atoms with Crippen molar-refractivity contribution >= 4 is 22.6 Å². The Morgan fingerprint density at radius 2 is 2.08 bits per heavy atom. The second-order valence-corrected chi connectivity index (χ2v) is 6.79. The molecule has 1 atom stereocenters. The molecular weight excluding hydrogens is 325 g/mol. The lowest BCUT2D eigenvalue weighted by Crippen LogP contribution is -2.44. The first-order chi connectivity index (χ1) is 12.0. The van der Waals surface area contributed by atoms with Crippen molar-refractivity contribution in [2.24, 2.45) is 0 Å². The number of hydrogen-bond acceptors (Lipinski definition) is 4. The highest BCUT2D eigenvalue weighted by atomic mass is 19.1. The Hall–Kier alpha value is -2.41. The van der Waals surface area contributed by atoms with Crippen LogP contribution in [0.5, 0.6) is 0 Å². The normalized spacial score (nSPS) is 20.1. The van der Waals surface area contributed by atoms with Crippen LogP contribution >= 0.6 is 0 Å². The number of nitrogens with zero attached hydrogens (tertiary/aromatic N) is 2. The Morgan fingerprint density at radius 1 is 1.36 bits per heavy atom. The fraction of sp³-hybridized carbons (Fsp3) is 0.444. The number of carbonyl (C=O) groups is 1. The summed E-state index contributed by atoms with van der Waals surface area (Å²) in [6, 6.07) is 1.43. The summed E-state index contributed by atoms with van der Waals surface area (Å²) in [5.41, 5.74) is 1.22. The zero-order valence-corrected chi connectivity index (χ0v) is 14.0. The third kappa shape index (κ3) is 2.41. The molecule has 0 saturated carbocycles. The first-order valence-corrected chi connectivity index (χ1v) is 8.58. The number of aromatic nitrogens is 1. The topological polar surface area (TPSA) is 74.6 Å². The number of aryl methyl sites for hydroxylation is 1. The van der Waals surface area contributed by atoms with Crippen LogP contribution in [0, 0.1) is 5.82 Å². The molecule has 3 heterocycles. The molecule has 2 aliphatic heterocycles. The van der Waals surface area contributed by atoms with Crippen LogP contribution in [0.15, 0.2) is 17.1 Å². The van der Waals surface area contributed by atoms with Gasteiger partial charge < -0.3 is 19.9 Å². The highest BCUT2D eigenvalue weighted by Gasteiger charge is 2.28. The van der Waals surface area contributed by atoms with Crippen LogP contribution < -0.4 is 15.6 Å². The highest BCUT2D eigenvalue weighted by Crippen LogP contribution is 2.37. The number of nitrogens with one attached hydrogen (secondary N) is 1. The summed E-state index contributed by atoms with van der Waals surface area (Å²) in [4.78, 5) is 26.1. The number of carboxylic acid groups (broad SMARTS) is 1. The van der Waals surface area contributed by atoms with Crippen molar-refractivity contribution in [1.82, 2.24) is 9.88 Å². The predicted octanol–water partition coefficient (Wildman–Crippen LogP) is 1.76. The van der Waals surface area contributed by atoms with Gasteiger partial charge in [0.2, 0.25) is 5.43 Å². The second-order valence-electron chi connectivity index (χ2n) is 6.79. The lowest BCUT2D eigenvalue weighted by molar-refractivity contribution is 0.0694. The van der Waals surface area contributed by atoms with Crippen LogP contribution in [0.25, 0.3) is 10.9 Å². The molecule has 7 heteroatoms. The summed E-state index contributed by atoms with van der Waals surface area (Å²) < 4.78 is 16.7. The smallest absolute Gasteiger partial charge is 0.341 e. The number of piperazine rings is 1. The minimum absolute atomic E-state index is 0.0198. The van der Waals surface area contributed by atoms with Crippen molar-refractivity contribution < 1.29 is 14.3 Å². The molecule has 2 aromatic rings. The van der Waals surface area contributed by atoms with Gasteiger partial charge in [-0.05, 0) is 25.8 Å². The molecule has 1 unspecified atom stereocenters. The van der Waals surface area contributed by atoms with E-state index in [0.29, 0.717) is 5.52 Å². The Kier molecular flexibility index (Phi) is 3.76. The molecule has 132 valence electrons. The van der Waals surface area contributed by atoms with Crippen molar-refractivity contribution in [3.63, 3.8) is 0 Å². The third-order valence-electron chi connectivity index (χ3n) is 5.31. The van der Waals surface area contributed by atoms with E-state index in [9.17, 15) is 19.1 Å². The zero-order valence-electron chi connectivity index (χ0n) is 14.0. The Morgan fingerprint density at radius 3 is 2.76 bits per heavy atom. The lowest BCUT2D eigenvalue weighted by atomic mass is 9.93. The van der Waals surface area contributed by atoms with Crippen LogP contribution in [0.1, 0.15) is 35.3 Å². The Bertz CT molecular complexity index is 932. The standard InChI is InChI=1S/C18H20FN3O3/c1-10-2-3-11-14(21-6-4-20-5-7-21)8-13(19)15-16(11)22(10)9-12(17(15)23)18(24)25/h8-10,20H,2-7H2,1H3,(H,24,25). The van der Waals surface area contributed by atoms with Crippen LogP contribution in [-0.4, -0.2) is 41.8 Å². The molecular formula is C18H20FN3O3. The second kappa shape index (κ2) is 5.84. The zero-order chi connectivity index (χ0) is 17.7. The van der Waals surface area contributed by atoms with Gasteiger partial charge in [-0.1, -0.05) is 0 Å². The minimum atomic E-state index is -1.32. The molecule has 1 aromatic carbocycles. The number of aromatic carboxylic acids is 1. The molecule has 0 radical (unpaired) electrons. The number of pyridine rings is 1. The molecule has 0 spiro atoms. The van der Waals surface area contributed by atoms with Gasteiger partial charge >= 0.3 is 5.97 Å². The van der Waals surface area contributed by atoms with E-state index in [1.54, 1.807) is 4.57 Å². The summed E-state index contributed by atoms with van der Waals surface area (Å²) in [5, 5.41) is 12.5. The Labute approximate surface area is 143 Å². The van der Waals surface area contributed by atoms with E-state index < -0.39 is 17.2 Å². The molecule has 4 rings (SSSR count). The van der Waals surface area contributed by atoms with Crippen LogP contribution in [0.3, 0.4) is 0 Å². The van der Waals surface area contributed by atoms with Gasteiger partial charge in [0.1, 0.15) is 11.4 Å². The first kappa shape index (κ1) is 16.1. The molecule has 1 fully saturated rings. The molecule has 0 aliphatic carbocycles. The summed E-state index contributed by atoms with van der Waals surface area (Å²) >= 11 is 0. The average Bonchev–Trinajstić information content (AvgIpc) is 2.60. The number of rotatable bonds is 2. The number of benzene rings is 1. The quantitative estimate of drug-likeness (QED) is 0.867. The molecule has 2 aliphatic rings. The average molecular weight is 345 g/mol. The molecule has 2 N–H and O–H groups in total. The van der Waals surface area contributed by atoms with Gasteiger partial charge in [-0.2, -0.15) is 0 Å². The van der Waals surface area contributed by atoms with Gasteiger partial charge in [-0.3, -0.25) is 4.79 Å². The number of carboxylic acids is 1. The van der Waals surface area contributed by atoms with Gasteiger partial charge in [-0.25, -0.2) is 9.18 Å². The van der Waals surface area contributed by atoms with Gasteiger partial charge in [0.25, 0.3) is 0 Å². The first-order valence-electron chi connectivity index (χ1n) is 8.58. The van der Waals surface area contributed by atoms with Gasteiger partial charge in [-0.15, -0.1) is 0 Å². The molecule has 25 heavy (non-hydrogen) atoms. The maximum absolute atomic E-state index is 14.9. The Balaban J connectivity index is 2.06. The molecule has 6 nitrogen and oxygen atoms in total. The summed E-state index contributed by atoms with van der Waals surface area (Å²) in [5.74, 6) is -1.95. The maximum atomic E-state index is 14.9. The van der Waals surface area contributed by atoms with Crippen molar-refractivity contribution in [3.8, 4) is 0 Å². The minimum Gasteiger partial charge on any atom is -0.477 e. The number of anilines is 1. The van der Waals surface area contributed by atoms with E-state index >= 15 is 0 Å². The van der Waals surface area contributed by atoms with Crippen molar-refractivity contribution in [2.75, 3.05) is 31.1 Å². The molecule has 1 aromatic heterocycles. The van der Waals surface area contributed by atoms with Gasteiger partial charge in [0, 0.05) is 49.7 Å². The summed E-state index contributed by atoms with van der Waals surface area (Å²) in [6.07, 6.45) is 2.96. The van der Waals surface area contributed by atoms with E-state index in [4.69, 9.17) is 0 Å². The van der Waals surface area contributed by atoms with Crippen molar-refractivity contribution in [2.45, 2.75) is 25.8 Å². The van der Waals surface area contributed by atoms with Crippen LogP contribution in [0.2, 0.25) is 0 Å². The van der Waals surface area contributed by atoms with Crippen molar-refractivity contribution in [3.05, 3.63) is 39.4 Å². The van der Waals surface area contributed by atoms with Crippen molar-refractivity contribution in [1.29, 1.82) is 0 Å². The predicted molar refractivity (Wildman–Crippen MR) is 93.2 cm³/mol. The van der Waals surface area contributed by atoms with E-state index in [-0.39, 0.29) is 17.0 Å². The van der Waals surface area contributed by atoms with Crippen LogP contribution in [0.4, 0.5) is 10.1 Å². The monoisotopic (exact) mass is 345 g/mol. The number of hydrogen-bond donors (Lipinski definition) is 2. The molecule has 0 bridgehead atoms. The SMILES string of the molecule is CC1CCc2c(N3CCNCC3)cc(F)c3c(=O)c(C(=O)O)cn1c23. The molecule has 1 saturated heterocycles. The van der Waals surface area contributed by atoms with E-state index in [1.165, 1.54) is 12.3 Å². The largest absolute Gasteiger partial charge is 0.477 e. The lowest BCUT2D eigenvalue weighted by Gasteiger charge is -2.34.